The van der Waals surface area contributed by atoms with E-state index in [0.29, 0.717) is 17.5 Å². The van der Waals surface area contributed by atoms with Crippen LogP contribution in [0.3, 0.4) is 0 Å². The molecule has 8 heteroatoms. The molecule has 3 heterocycles. The van der Waals surface area contributed by atoms with E-state index in [1.54, 1.807) is 16.8 Å². The number of aliphatic hydroxyl groups is 1. The van der Waals surface area contributed by atoms with E-state index in [-0.39, 0.29) is 11.5 Å². The second-order valence-electron chi connectivity index (χ2n) is 4.41. The Morgan fingerprint density at radius 2 is 2.47 bits per heavy atom. The van der Waals surface area contributed by atoms with Crippen LogP contribution < -0.4 is 11.3 Å². The lowest BCUT2D eigenvalue weighted by atomic mass is 10.2. The molecule has 19 heavy (non-hydrogen) atoms. The van der Waals surface area contributed by atoms with Crippen molar-refractivity contribution in [1.82, 2.24) is 14.5 Å². The average molecular weight is 266 g/mol. The molecule has 0 saturated carbocycles. The number of nitrogen functional groups attached to an aromatic ring is 1. The van der Waals surface area contributed by atoms with Crippen LogP contribution in [0.1, 0.15) is 12.6 Å². The van der Waals surface area contributed by atoms with E-state index in [2.05, 4.69) is 9.97 Å². The molecule has 2 aromatic rings. The molecule has 0 aliphatic carbocycles. The van der Waals surface area contributed by atoms with Crippen LogP contribution >= 0.6 is 0 Å². The Bertz CT molecular complexity index is 664. The second kappa shape index (κ2) is 4.34. The molecule has 1 aliphatic rings. The number of aromatic amines is 1. The topological polar surface area (TPSA) is 115 Å². The zero-order valence-electron chi connectivity index (χ0n) is 10.2. The molecule has 0 radical (unpaired) electrons. The zero-order chi connectivity index (χ0) is 13.6. The number of fused-ring (bicyclic) bond motifs is 1. The van der Waals surface area contributed by atoms with Crippen LogP contribution in [0.5, 0.6) is 0 Å². The van der Waals surface area contributed by atoms with Gasteiger partial charge in [0.05, 0.1) is 5.39 Å². The van der Waals surface area contributed by atoms with Gasteiger partial charge in [0.15, 0.2) is 18.2 Å². The van der Waals surface area contributed by atoms with Crippen molar-refractivity contribution in [2.45, 2.75) is 25.0 Å². The summed E-state index contributed by atoms with van der Waals surface area (Å²) in [5.41, 5.74) is 5.59. The van der Waals surface area contributed by atoms with Crippen LogP contribution in [0, 0.1) is 0 Å². The number of hydrogen-bond donors (Lipinski definition) is 3. The monoisotopic (exact) mass is 266 g/mol. The maximum Gasteiger partial charge on any atom is 0.261 e. The van der Waals surface area contributed by atoms with E-state index < -0.39 is 18.6 Å². The standard InChI is InChI=1S/C11H14N4O4/c1-18-7-4-6(16)10(19-7)15-3-2-5-8(15)13-11(12)14-9(5)17/h2-3,6-7,10,16H,4H2,1H3,(H3,12,13,14,17)/t6?,7-,10+/m0/s1. The molecule has 0 spiro atoms. The predicted molar refractivity (Wildman–Crippen MR) is 66.3 cm³/mol. The van der Waals surface area contributed by atoms with E-state index in [4.69, 9.17) is 15.2 Å². The Balaban J connectivity index is 2.09. The highest BCUT2D eigenvalue weighted by Crippen LogP contribution is 2.31. The fourth-order valence-corrected chi connectivity index (χ4v) is 2.28. The summed E-state index contributed by atoms with van der Waals surface area (Å²) in [5.74, 6) is 0.0215. The molecular formula is C11H14N4O4. The van der Waals surface area contributed by atoms with Gasteiger partial charge in [-0.15, -0.1) is 0 Å². The number of aromatic nitrogens is 3. The van der Waals surface area contributed by atoms with E-state index >= 15 is 0 Å². The molecule has 3 atom stereocenters. The molecule has 4 N–H and O–H groups in total. The largest absolute Gasteiger partial charge is 0.388 e. The molecule has 0 amide bonds. The Morgan fingerprint density at radius 3 is 3.16 bits per heavy atom. The second-order valence-corrected chi connectivity index (χ2v) is 4.41. The maximum atomic E-state index is 11.7. The number of aliphatic hydroxyl groups excluding tert-OH is 1. The molecule has 0 aromatic carbocycles. The number of anilines is 1. The quantitative estimate of drug-likeness (QED) is 0.678. The third kappa shape index (κ3) is 1.89. The van der Waals surface area contributed by atoms with Gasteiger partial charge in [-0.25, -0.2) is 0 Å². The summed E-state index contributed by atoms with van der Waals surface area (Å²) < 4.78 is 12.2. The van der Waals surface area contributed by atoms with Gasteiger partial charge in [-0.2, -0.15) is 4.98 Å². The van der Waals surface area contributed by atoms with Crippen LogP contribution in [0.4, 0.5) is 5.95 Å². The maximum absolute atomic E-state index is 11.7. The summed E-state index contributed by atoms with van der Waals surface area (Å²) in [4.78, 5) is 18.2. The number of nitrogens with zero attached hydrogens (tertiary/aromatic N) is 2. The summed E-state index contributed by atoms with van der Waals surface area (Å²) >= 11 is 0. The molecule has 3 rings (SSSR count). The van der Waals surface area contributed by atoms with Crippen molar-refractivity contribution < 1.29 is 14.6 Å². The third-order valence-corrected chi connectivity index (χ3v) is 3.19. The summed E-state index contributed by atoms with van der Waals surface area (Å²) in [6.07, 6.45) is 0.147. The number of H-pyrrole nitrogens is 1. The molecule has 2 aromatic heterocycles. The number of nitrogens with one attached hydrogen (secondary N) is 1. The first-order valence-corrected chi connectivity index (χ1v) is 5.83. The van der Waals surface area contributed by atoms with Gasteiger partial charge in [0, 0.05) is 19.7 Å². The van der Waals surface area contributed by atoms with E-state index in [1.165, 1.54) is 7.11 Å². The Morgan fingerprint density at radius 1 is 1.68 bits per heavy atom. The highest BCUT2D eigenvalue weighted by Gasteiger charge is 2.36. The lowest BCUT2D eigenvalue weighted by Crippen LogP contribution is -2.20. The summed E-state index contributed by atoms with van der Waals surface area (Å²) in [6.45, 7) is 0. The number of rotatable bonds is 2. The van der Waals surface area contributed by atoms with Crippen molar-refractivity contribution in [3.8, 4) is 0 Å². The van der Waals surface area contributed by atoms with Crippen LogP contribution in [0.15, 0.2) is 17.1 Å². The first-order valence-electron chi connectivity index (χ1n) is 5.83. The average Bonchev–Trinajstić information content (AvgIpc) is 2.92. The van der Waals surface area contributed by atoms with Crippen LogP contribution in [0.2, 0.25) is 0 Å². The SMILES string of the molecule is CO[C@@H]1CC(O)[C@H](n2ccc3c(=O)[nH]c(N)nc32)O1. The van der Waals surface area contributed by atoms with E-state index in [1.807, 2.05) is 0 Å². The van der Waals surface area contributed by atoms with Gasteiger partial charge in [-0.1, -0.05) is 0 Å². The van der Waals surface area contributed by atoms with Crippen LogP contribution in [0.25, 0.3) is 11.0 Å². The van der Waals surface area contributed by atoms with Crippen LogP contribution in [-0.4, -0.2) is 39.1 Å². The van der Waals surface area contributed by atoms with Gasteiger partial charge in [0.1, 0.15) is 6.10 Å². The van der Waals surface area contributed by atoms with Gasteiger partial charge in [0.25, 0.3) is 5.56 Å². The predicted octanol–water partition coefficient (Wildman–Crippen LogP) is -0.441. The first-order chi connectivity index (χ1) is 9.10. The smallest absolute Gasteiger partial charge is 0.261 e. The molecule has 8 nitrogen and oxygen atoms in total. The molecular weight excluding hydrogens is 252 g/mol. The Kier molecular flexibility index (Phi) is 2.77. The normalized spacial score (nSPS) is 27.2. The molecule has 102 valence electrons. The fraction of sp³-hybridized carbons (Fsp3) is 0.455. The number of hydrogen-bond acceptors (Lipinski definition) is 6. The molecule has 1 fully saturated rings. The van der Waals surface area contributed by atoms with Crippen molar-refractivity contribution >= 4 is 17.0 Å². The Hall–Kier alpha value is -1.90. The molecule has 1 saturated heterocycles. The van der Waals surface area contributed by atoms with Crippen molar-refractivity contribution in [3.63, 3.8) is 0 Å². The van der Waals surface area contributed by atoms with Gasteiger partial charge in [0.2, 0.25) is 5.95 Å². The first kappa shape index (κ1) is 12.2. The fourth-order valence-electron chi connectivity index (χ4n) is 2.28. The highest BCUT2D eigenvalue weighted by molar-refractivity contribution is 5.76. The van der Waals surface area contributed by atoms with Gasteiger partial charge in [-0.05, 0) is 6.07 Å². The van der Waals surface area contributed by atoms with Crippen molar-refractivity contribution in [1.29, 1.82) is 0 Å². The number of nitrogens with two attached hydrogens (primary N) is 1. The van der Waals surface area contributed by atoms with Crippen molar-refractivity contribution in [3.05, 3.63) is 22.6 Å². The molecule has 0 bridgehead atoms. The third-order valence-electron chi connectivity index (χ3n) is 3.19. The number of methoxy groups -OCH3 is 1. The van der Waals surface area contributed by atoms with Gasteiger partial charge >= 0.3 is 0 Å². The van der Waals surface area contributed by atoms with Crippen LogP contribution in [-0.2, 0) is 9.47 Å². The lowest BCUT2D eigenvalue weighted by molar-refractivity contribution is -0.138. The van der Waals surface area contributed by atoms with E-state index in [0.717, 1.165) is 0 Å². The lowest BCUT2D eigenvalue weighted by Gasteiger charge is -2.17. The summed E-state index contributed by atoms with van der Waals surface area (Å²) in [5, 5.41) is 10.4. The van der Waals surface area contributed by atoms with Crippen molar-refractivity contribution in [2.24, 2.45) is 0 Å². The van der Waals surface area contributed by atoms with Gasteiger partial charge in [-0.3, -0.25) is 9.78 Å². The zero-order valence-corrected chi connectivity index (χ0v) is 10.2. The minimum Gasteiger partial charge on any atom is -0.388 e. The minimum absolute atomic E-state index is 0.0215. The van der Waals surface area contributed by atoms with Crippen molar-refractivity contribution in [2.75, 3.05) is 12.8 Å². The Labute approximate surface area is 107 Å². The highest BCUT2D eigenvalue weighted by atomic mass is 16.7. The summed E-state index contributed by atoms with van der Waals surface area (Å²) in [7, 11) is 1.51. The summed E-state index contributed by atoms with van der Waals surface area (Å²) in [6, 6.07) is 1.61. The number of ether oxygens (including phenoxy) is 2. The molecule has 1 aliphatic heterocycles. The minimum atomic E-state index is -0.733. The molecule has 1 unspecified atom stereocenters. The van der Waals surface area contributed by atoms with Gasteiger partial charge < -0.3 is 24.9 Å². The van der Waals surface area contributed by atoms with E-state index in [9.17, 15) is 9.90 Å².